The second-order valence-corrected chi connectivity index (χ2v) is 2.99. The van der Waals surface area contributed by atoms with Crippen molar-refractivity contribution in [1.29, 1.82) is 5.26 Å². The van der Waals surface area contributed by atoms with Crippen LogP contribution in [0.3, 0.4) is 0 Å². The molecule has 0 unspecified atom stereocenters. The van der Waals surface area contributed by atoms with Gasteiger partial charge < -0.3 is 15.1 Å². The lowest BCUT2D eigenvalue weighted by atomic mass is 10.3. The molecule has 0 spiro atoms. The van der Waals surface area contributed by atoms with Gasteiger partial charge in [0.05, 0.1) is 12.8 Å². The fourth-order valence-corrected chi connectivity index (χ4v) is 1.03. The third kappa shape index (κ3) is 3.50. The maximum absolute atomic E-state index is 11.5. The maximum Gasteiger partial charge on any atom is 0.263 e. The number of furan rings is 1. The van der Waals surface area contributed by atoms with E-state index in [1.165, 1.54) is 12.5 Å². The standard InChI is InChI=1S/C11H13N3O2/c1-2-13-7-9(6-12)11(15)14-8-10-4-3-5-16-10/h3-5,7,13H,2,8H2,1H3,(H,14,15)/b9-7-. The predicted molar refractivity (Wildman–Crippen MR) is 57.9 cm³/mol. The molecule has 0 atom stereocenters. The molecule has 0 fully saturated rings. The Labute approximate surface area is 93.7 Å². The minimum Gasteiger partial charge on any atom is -0.467 e. The quantitative estimate of drug-likeness (QED) is 0.570. The van der Waals surface area contributed by atoms with Crippen LogP contribution in [0.2, 0.25) is 0 Å². The highest BCUT2D eigenvalue weighted by Gasteiger charge is 2.08. The molecule has 84 valence electrons. The van der Waals surface area contributed by atoms with Crippen molar-refractivity contribution in [2.75, 3.05) is 6.54 Å². The van der Waals surface area contributed by atoms with Crippen LogP contribution in [0.1, 0.15) is 12.7 Å². The number of rotatable bonds is 5. The largest absolute Gasteiger partial charge is 0.467 e. The minimum atomic E-state index is -0.417. The second-order valence-electron chi connectivity index (χ2n) is 2.99. The van der Waals surface area contributed by atoms with Crippen LogP contribution in [-0.2, 0) is 11.3 Å². The lowest BCUT2D eigenvalue weighted by molar-refractivity contribution is -0.117. The number of amides is 1. The summed E-state index contributed by atoms with van der Waals surface area (Å²) in [6.45, 7) is 2.82. The summed E-state index contributed by atoms with van der Waals surface area (Å²) in [6.07, 6.45) is 2.93. The summed E-state index contributed by atoms with van der Waals surface area (Å²) in [6, 6.07) is 5.31. The molecule has 0 aliphatic carbocycles. The molecular formula is C11H13N3O2. The first kappa shape index (κ1) is 11.9. The fourth-order valence-electron chi connectivity index (χ4n) is 1.03. The molecule has 0 aliphatic rings. The smallest absolute Gasteiger partial charge is 0.263 e. The van der Waals surface area contributed by atoms with E-state index in [9.17, 15) is 4.79 Å². The van der Waals surface area contributed by atoms with Gasteiger partial charge in [0.25, 0.3) is 5.91 Å². The van der Waals surface area contributed by atoms with E-state index in [0.29, 0.717) is 12.3 Å². The Morgan fingerprint density at radius 2 is 2.50 bits per heavy atom. The van der Waals surface area contributed by atoms with E-state index in [-0.39, 0.29) is 12.1 Å². The van der Waals surface area contributed by atoms with Gasteiger partial charge in [-0.3, -0.25) is 4.79 Å². The van der Waals surface area contributed by atoms with Gasteiger partial charge in [-0.05, 0) is 19.1 Å². The number of hydrogen-bond donors (Lipinski definition) is 2. The molecule has 0 saturated carbocycles. The molecule has 16 heavy (non-hydrogen) atoms. The highest BCUT2D eigenvalue weighted by atomic mass is 16.3. The fraction of sp³-hybridized carbons (Fsp3) is 0.273. The van der Waals surface area contributed by atoms with Crippen LogP contribution in [0.15, 0.2) is 34.6 Å². The molecular weight excluding hydrogens is 206 g/mol. The first-order valence-corrected chi connectivity index (χ1v) is 4.92. The summed E-state index contributed by atoms with van der Waals surface area (Å²) < 4.78 is 5.05. The molecule has 5 nitrogen and oxygen atoms in total. The van der Waals surface area contributed by atoms with E-state index in [1.54, 1.807) is 12.1 Å². The summed E-state index contributed by atoms with van der Waals surface area (Å²) >= 11 is 0. The van der Waals surface area contributed by atoms with Gasteiger partial charge in [-0.25, -0.2) is 0 Å². The van der Waals surface area contributed by atoms with Gasteiger partial charge >= 0.3 is 0 Å². The van der Waals surface area contributed by atoms with Crippen molar-refractivity contribution in [3.8, 4) is 6.07 Å². The number of nitrogens with zero attached hydrogens (tertiary/aromatic N) is 1. The van der Waals surface area contributed by atoms with Gasteiger partial charge in [0.2, 0.25) is 0 Å². The van der Waals surface area contributed by atoms with Crippen molar-refractivity contribution in [1.82, 2.24) is 10.6 Å². The average Bonchev–Trinajstić information content (AvgIpc) is 2.80. The lowest BCUT2D eigenvalue weighted by Crippen LogP contribution is -2.25. The van der Waals surface area contributed by atoms with Crippen molar-refractivity contribution in [2.24, 2.45) is 0 Å². The molecule has 1 aromatic heterocycles. The Morgan fingerprint density at radius 1 is 1.69 bits per heavy atom. The summed E-state index contributed by atoms with van der Waals surface area (Å²) in [5.41, 5.74) is 0.0495. The van der Waals surface area contributed by atoms with Gasteiger partial charge in [0.15, 0.2) is 0 Å². The monoisotopic (exact) mass is 219 g/mol. The van der Waals surface area contributed by atoms with E-state index < -0.39 is 5.91 Å². The number of carbonyl (C=O) groups excluding carboxylic acids is 1. The van der Waals surface area contributed by atoms with Crippen LogP contribution in [-0.4, -0.2) is 12.5 Å². The molecule has 1 aromatic rings. The topological polar surface area (TPSA) is 78.1 Å². The van der Waals surface area contributed by atoms with E-state index in [1.807, 2.05) is 13.0 Å². The normalized spacial score (nSPS) is 10.6. The Morgan fingerprint density at radius 3 is 3.06 bits per heavy atom. The Balaban J connectivity index is 2.48. The van der Waals surface area contributed by atoms with Gasteiger partial charge in [0.1, 0.15) is 17.4 Å². The molecule has 1 rings (SSSR count). The Hall–Kier alpha value is -2.22. The van der Waals surface area contributed by atoms with Crippen LogP contribution in [0.5, 0.6) is 0 Å². The van der Waals surface area contributed by atoms with Gasteiger partial charge in [-0.1, -0.05) is 0 Å². The number of nitriles is 1. The van der Waals surface area contributed by atoms with E-state index in [0.717, 1.165) is 0 Å². The Kier molecular flexibility index (Phi) is 4.67. The SMILES string of the molecule is CCN/C=C(/C#N)C(=O)NCc1ccco1. The molecule has 0 bridgehead atoms. The zero-order valence-corrected chi connectivity index (χ0v) is 8.99. The molecule has 1 amide bonds. The molecule has 0 aromatic carbocycles. The van der Waals surface area contributed by atoms with Crippen molar-refractivity contribution >= 4 is 5.91 Å². The van der Waals surface area contributed by atoms with Gasteiger partial charge in [0, 0.05) is 12.7 Å². The summed E-state index contributed by atoms with van der Waals surface area (Å²) in [4.78, 5) is 11.5. The predicted octanol–water partition coefficient (Wildman–Crippen LogP) is 0.913. The summed E-state index contributed by atoms with van der Waals surface area (Å²) in [5, 5.41) is 14.1. The zero-order chi connectivity index (χ0) is 11.8. The van der Waals surface area contributed by atoms with Crippen molar-refractivity contribution in [3.05, 3.63) is 35.9 Å². The number of nitrogens with one attached hydrogen (secondary N) is 2. The van der Waals surface area contributed by atoms with E-state index in [4.69, 9.17) is 9.68 Å². The van der Waals surface area contributed by atoms with Crippen LogP contribution in [0.4, 0.5) is 0 Å². The first-order chi connectivity index (χ1) is 7.77. The van der Waals surface area contributed by atoms with E-state index >= 15 is 0 Å². The van der Waals surface area contributed by atoms with Crippen LogP contribution in [0, 0.1) is 11.3 Å². The van der Waals surface area contributed by atoms with Crippen LogP contribution < -0.4 is 10.6 Å². The van der Waals surface area contributed by atoms with Crippen molar-refractivity contribution < 1.29 is 9.21 Å². The highest BCUT2D eigenvalue weighted by molar-refractivity contribution is 5.96. The minimum absolute atomic E-state index is 0.0495. The number of carbonyl (C=O) groups is 1. The molecule has 0 saturated heterocycles. The third-order valence-corrected chi connectivity index (χ3v) is 1.82. The molecule has 2 N–H and O–H groups in total. The molecule has 0 aliphatic heterocycles. The molecule has 5 heteroatoms. The highest BCUT2D eigenvalue weighted by Crippen LogP contribution is 1.99. The van der Waals surface area contributed by atoms with Crippen molar-refractivity contribution in [3.63, 3.8) is 0 Å². The van der Waals surface area contributed by atoms with Crippen molar-refractivity contribution in [2.45, 2.75) is 13.5 Å². The second kappa shape index (κ2) is 6.30. The molecule has 0 radical (unpaired) electrons. The first-order valence-electron chi connectivity index (χ1n) is 4.92. The molecule has 1 heterocycles. The maximum atomic E-state index is 11.5. The lowest BCUT2D eigenvalue weighted by Gasteiger charge is -2.02. The summed E-state index contributed by atoms with van der Waals surface area (Å²) in [7, 11) is 0. The number of hydrogen-bond acceptors (Lipinski definition) is 4. The van der Waals surface area contributed by atoms with Crippen LogP contribution in [0.25, 0.3) is 0 Å². The Bertz CT molecular complexity index is 401. The van der Waals surface area contributed by atoms with Gasteiger partial charge in [-0.2, -0.15) is 5.26 Å². The van der Waals surface area contributed by atoms with E-state index in [2.05, 4.69) is 10.6 Å². The van der Waals surface area contributed by atoms with Gasteiger partial charge in [-0.15, -0.1) is 0 Å². The third-order valence-electron chi connectivity index (χ3n) is 1.82. The average molecular weight is 219 g/mol. The van der Waals surface area contributed by atoms with Crippen LogP contribution >= 0.6 is 0 Å². The zero-order valence-electron chi connectivity index (χ0n) is 8.99. The summed E-state index contributed by atoms with van der Waals surface area (Å²) in [5.74, 6) is 0.231.